The second-order valence-corrected chi connectivity index (χ2v) is 10.5. The van der Waals surface area contributed by atoms with Crippen LogP contribution in [-0.4, -0.2) is 49.5 Å². The van der Waals surface area contributed by atoms with E-state index in [1.807, 2.05) is 42.5 Å². The quantitative estimate of drug-likeness (QED) is 0.176. The lowest BCUT2D eigenvalue weighted by Crippen LogP contribution is -2.23. The van der Waals surface area contributed by atoms with Gasteiger partial charge in [-0.2, -0.15) is 0 Å². The highest BCUT2D eigenvalue weighted by atomic mass is 16.6. The zero-order valence-corrected chi connectivity index (χ0v) is 24.7. The Hall–Kier alpha value is -4.85. The zero-order valence-electron chi connectivity index (χ0n) is 24.7. The van der Waals surface area contributed by atoms with Gasteiger partial charge >= 0.3 is 12.1 Å². The second kappa shape index (κ2) is 13.9. The van der Waals surface area contributed by atoms with Gasteiger partial charge in [0, 0.05) is 11.1 Å². The maximum absolute atomic E-state index is 12.4. The number of methoxy groups -OCH3 is 1. The Bertz CT molecular complexity index is 1560. The van der Waals surface area contributed by atoms with E-state index in [9.17, 15) is 9.59 Å². The highest BCUT2D eigenvalue weighted by Crippen LogP contribution is 2.37. The maximum Gasteiger partial charge on any atom is 0.410 e. The number of hydrogen-bond acceptors (Lipinski definition) is 7. The van der Waals surface area contributed by atoms with Gasteiger partial charge in [-0.05, 0) is 60.7 Å². The Labute approximate surface area is 252 Å². The first-order chi connectivity index (χ1) is 20.9. The average molecular weight is 581 g/mol. The summed E-state index contributed by atoms with van der Waals surface area (Å²) in [5.41, 5.74) is 5.33. The van der Waals surface area contributed by atoms with Gasteiger partial charge in [-0.15, -0.1) is 0 Å². The number of esters is 1. The fourth-order valence-electron chi connectivity index (χ4n) is 5.11. The molecule has 1 aliphatic heterocycles. The van der Waals surface area contributed by atoms with Crippen LogP contribution in [0.2, 0.25) is 0 Å². The van der Waals surface area contributed by atoms with Gasteiger partial charge in [-0.25, -0.2) is 9.79 Å². The van der Waals surface area contributed by atoms with E-state index in [2.05, 4.69) is 37.3 Å². The van der Waals surface area contributed by atoms with E-state index in [4.69, 9.17) is 23.9 Å². The molecule has 1 fully saturated rings. The molecular weight excluding hydrogens is 544 g/mol. The Kier molecular flexibility index (Phi) is 9.56. The van der Waals surface area contributed by atoms with Crippen LogP contribution < -0.4 is 9.47 Å². The molecule has 1 atom stereocenters. The van der Waals surface area contributed by atoms with Gasteiger partial charge in [0.15, 0.2) is 11.5 Å². The summed E-state index contributed by atoms with van der Waals surface area (Å²) < 4.78 is 22.3. The number of nitrogens with zero attached hydrogens (tertiary/aromatic N) is 2. The predicted molar refractivity (Wildman–Crippen MR) is 165 cm³/mol. The monoisotopic (exact) mass is 580 g/mol. The lowest BCUT2D eigenvalue weighted by atomic mass is 9.90. The van der Waals surface area contributed by atoms with Crippen LogP contribution in [0.4, 0.5) is 10.5 Å². The van der Waals surface area contributed by atoms with Crippen LogP contribution in [-0.2, 0) is 27.2 Å². The third-order valence-corrected chi connectivity index (χ3v) is 7.22. The average Bonchev–Trinajstić information content (AvgIpc) is 3.41. The summed E-state index contributed by atoms with van der Waals surface area (Å²) in [6.07, 6.45) is 7.04. The van der Waals surface area contributed by atoms with Crippen molar-refractivity contribution in [3.05, 3.63) is 107 Å². The van der Waals surface area contributed by atoms with E-state index in [1.54, 1.807) is 31.1 Å². The summed E-state index contributed by atoms with van der Waals surface area (Å²) in [7, 11) is 1.56. The number of benzene rings is 3. The van der Waals surface area contributed by atoms with Gasteiger partial charge in [-0.1, -0.05) is 61.5 Å². The molecule has 3 aromatic carbocycles. The van der Waals surface area contributed by atoms with Crippen LogP contribution in [0.25, 0.3) is 0 Å². The molecule has 5 rings (SSSR count). The minimum absolute atomic E-state index is 0.111. The summed E-state index contributed by atoms with van der Waals surface area (Å²) in [5.74, 6) is 1.60. The number of hydrogen-bond donors (Lipinski definition) is 0. The molecule has 1 saturated heterocycles. The van der Waals surface area contributed by atoms with Crippen LogP contribution in [0.1, 0.15) is 37.0 Å². The Morgan fingerprint density at radius 3 is 2.58 bits per heavy atom. The Morgan fingerprint density at radius 1 is 1.05 bits per heavy atom. The van der Waals surface area contributed by atoms with Crippen LogP contribution in [0.15, 0.2) is 95.5 Å². The fourth-order valence-corrected chi connectivity index (χ4v) is 5.11. The normalized spacial score (nSPS) is 16.5. The van der Waals surface area contributed by atoms with E-state index in [0.29, 0.717) is 42.9 Å². The SMILES string of the molecule is CCOC(=O)Cc1ccc(OC)c(Oc2ccc(N=C(C3=CC=CC(C)C3)c3ccccc3)cc2CN2CCOC2=O)c1. The molecule has 0 aromatic heterocycles. The number of aliphatic imine (C=N–C) groups is 1. The van der Waals surface area contributed by atoms with Crippen LogP contribution in [0, 0.1) is 5.92 Å². The first-order valence-electron chi connectivity index (χ1n) is 14.5. The number of amides is 1. The van der Waals surface area contributed by atoms with Crippen molar-refractivity contribution in [1.82, 2.24) is 4.90 Å². The third kappa shape index (κ3) is 7.52. The molecule has 1 unspecified atom stereocenters. The lowest BCUT2D eigenvalue weighted by molar-refractivity contribution is -0.142. The largest absolute Gasteiger partial charge is 0.493 e. The standard InChI is InChI=1S/C35H36N2O6/c1-4-41-33(38)21-25-13-15-31(40-3)32(20-25)43-30-16-14-29(22-28(30)23-37-17-18-42-35(37)39)36-34(26-10-6-5-7-11-26)27-12-8-9-24(2)19-27/h5-16,20,22,24H,4,17-19,21,23H2,1-3H3. The first-order valence-corrected chi connectivity index (χ1v) is 14.5. The molecule has 8 heteroatoms. The molecule has 1 aliphatic carbocycles. The summed E-state index contributed by atoms with van der Waals surface area (Å²) in [6, 6.07) is 21.2. The van der Waals surface area contributed by atoms with Crippen molar-refractivity contribution in [2.45, 2.75) is 33.2 Å². The number of ether oxygens (including phenoxy) is 4. The molecule has 0 N–H and O–H groups in total. The molecule has 1 heterocycles. The number of cyclic esters (lactones) is 1. The number of carbonyl (C=O) groups excluding carboxylic acids is 2. The summed E-state index contributed by atoms with van der Waals surface area (Å²) in [5, 5.41) is 0. The van der Waals surface area contributed by atoms with Gasteiger partial charge in [0.05, 0.1) is 44.6 Å². The molecular formula is C35H36N2O6. The van der Waals surface area contributed by atoms with Crippen molar-refractivity contribution >= 4 is 23.5 Å². The van der Waals surface area contributed by atoms with Crippen molar-refractivity contribution < 1.29 is 28.5 Å². The van der Waals surface area contributed by atoms with Crippen molar-refractivity contribution in [2.75, 3.05) is 26.9 Å². The summed E-state index contributed by atoms with van der Waals surface area (Å²) >= 11 is 0. The summed E-state index contributed by atoms with van der Waals surface area (Å²) in [4.78, 5) is 31.3. The van der Waals surface area contributed by atoms with Gasteiger partial charge in [-0.3, -0.25) is 4.79 Å². The summed E-state index contributed by atoms with van der Waals surface area (Å²) in [6.45, 7) is 5.39. The third-order valence-electron chi connectivity index (χ3n) is 7.22. The number of carbonyl (C=O) groups is 2. The van der Waals surface area contributed by atoms with Crippen LogP contribution >= 0.6 is 0 Å². The molecule has 43 heavy (non-hydrogen) atoms. The number of allylic oxidation sites excluding steroid dienone is 4. The van der Waals surface area contributed by atoms with E-state index in [0.717, 1.165) is 40.1 Å². The van der Waals surface area contributed by atoms with Gasteiger partial charge in [0.1, 0.15) is 12.4 Å². The molecule has 0 radical (unpaired) electrons. The zero-order chi connectivity index (χ0) is 30.2. The Balaban J connectivity index is 1.53. The topological polar surface area (TPSA) is 86.7 Å². The van der Waals surface area contributed by atoms with Crippen molar-refractivity contribution in [2.24, 2.45) is 10.9 Å². The number of rotatable bonds is 11. The molecule has 0 spiro atoms. The maximum atomic E-state index is 12.4. The van der Waals surface area contributed by atoms with E-state index >= 15 is 0 Å². The van der Waals surface area contributed by atoms with Crippen LogP contribution in [0.3, 0.4) is 0 Å². The second-order valence-electron chi connectivity index (χ2n) is 10.5. The van der Waals surface area contributed by atoms with Crippen molar-refractivity contribution in [3.8, 4) is 17.2 Å². The van der Waals surface area contributed by atoms with Gasteiger partial charge in [0.25, 0.3) is 0 Å². The highest BCUT2D eigenvalue weighted by molar-refractivity contribution is 6.14. The lowest BCUT2D eigenvalue weighted by Gasteiger charge is -2.19. The first kappa shape index (κ1) is 29.6. The molecule has 0 saturated carbocycles. The predicted octanol–water partition coefficient (Wildman–Crippen LogP) is 7.19. The minimum Gasteiger partial charge on any atom is -0.493 e. The highest BCUT2D eigenvalue weighted by Gasteiger charge is 2.24. The molecule has 222 valence electrons. The van der Waals surface area contributed by atoms with Gasteiger partial charge in [0.2, 0.25) is 0 Å². The minimum atomic E-state index is -0.369. The van der Waals surface area contributed by atoms with Crippen molar-refractivity contribution in [1.29, 1.82) is 0 Å². The molecule has 0 bridgehead atoms. The fraction of sp³-hybridized carbons (Fsp3) is 0.286. The van der Waals surface area contributed by atoms with E-state index in [-0.39, 0.29) is 25.0 Å². The molecule has 3 aromatic rings. The smallest absolute Gasteiger partial charge is 0.410 e. The Morgan fingerprint density at radius 2 is 1.86 bits per heavy atom. The van der Waals surface area contributed by atoms with E-state index in [1.165, 1.54) is 0 Å². The van der Waals surface area contributed by atoms with Crippen LogP contribution in [0.5, 0.6) is 17.2 Å². The molecule has 1 amide bonds. The van der Waals surface area contributed by atoms with Crippen molar-refractivity contribution in [3.63, 3.8) is 0 Å². The molecule has 2 aliphatic rings. The van der Waals surface area contributed by atoms with E-state index < -0.39 is 0 Å². The van der Waals surface area contributed by atoms with Gasteiger partial charge < -0.3 is 23.8 Å². The molecule has 8 nitrogen and oxygen atoms in total.